The zero-order chi connectivity index (χ0) is 14.4. The second kappa shape index (κ2) is 4.59. The molecule has 0 aromatic carbocycles. The normalized spacial score (nSPS) is 30.2. The van der Waals surface area contributed by atoms with E-state index in [9.17, 15) is 14.6 Å². The Kier molecular flexibility index (Phi) is 3.01. The number of aliphatic hydroxyl groups excluding tert-OH is 2. The Hall–Kier alpha value is -1.88. The first-order valence-electron chi connectivity index (χ1n) is 5.87. The molecule has 0 aliphatic carbocycles. The number of likely N-dealkylation sites (N-methyl/N-ethyl adjacent to an activating group) is 1. The van der Waals surface area contributed by atoms with Crippen LogP contribution in [0, 0.1) is 6.08 Å². The second-order valence-corrected chi connectivity index (χ2v) is 4.42. The highest BCUT2D eigenvalue weighted by Crippen LogP contribution is 2.30. The smallest absolute Gasteiger partial charge is 0.312 e. The van der Waals surface area contributed by atoms with Gasteiger partial charge in [0.05, 0.1) is 6.33 Å². The quantitative estimate of drug-likeness (QED) is 0.482. The third-order valence-corrected chi connectivity index (χ3v) is 3.22. The van der Waals surface area contributed by atoms with Gasteiger partial charge in [0.1, 0.15) is 18.4 Å². The highest BCUT2D eigenvalue weighted by Gasteiger charge is 2.43. The number of halogens is 1. The van der Waals surface area contributed by atoms with E-state index >= 15 is 0 Å². The molecule has 1 saturated heterocycles. The summed E-state index contributed by atoms with van der Waals surface area (Å²) in [4.78, 5) is 10.9. The van der Waals surface area contributed by atoms with Crippen LogP contribution in [0.2, 0.25) is 0 Å². The Morgan fingerprint density at radius 3 is 2.80 bits per heavy atom. The maximum Gasteiger partial charge on any atom is 0.312 e. The molecule has 3 rings (SSSR count). The molecular formula is C10H13FN6O3. The first kappa shape index (κ1) is 13.1. The molecule has 3 heterocycles. The summed E-state index contributed by atoms with van der Waals surface area (Å²) in [6, 6.07) is 0. The summed E-state index contributed by atoms with van der Waals surface area (Å²) >= 11 is 0. The number of imidazole rings is 1. The predicted octanol–water partition coefficient (Wildman–Crippen LogP) is -1.66. The van der Waals surface area contributed by atoms with Crippen molar-refractivity contribution in [3.8, 4) is 0 Å². The molecule has 4 atom stereocenters. The number of aliphatic hydroxyl groups is 2. The fourth-order valence-corrected chi connectivity index (χ4v) is 2.22. The van der Waals surface area contributed by atoms with Gasteiger partial charge in [-0.15, -0.1) is 0 Å². The van der Waals surface area contributed by atoms with Crippen LogP contribution >= 0.6 is 0 Å². The molecule has 1 aliphatic heterocycles. The highest BCUT2D eigenvalue weighted by molar-refractivity contribution is 5.81. The molecule has 10 heteroatoms. The Bertz CT molecular complexity index is 649. The second-order valence-electron chi connectivity index (χ2n) is 4.42. The third-order valence-electron chi connectivity index (χ3n) is 3.22. The maximum atomic E-state index is 13.3. The van der Waals surface area contributed by atoms with Crippen molar-refractivity contribution in [3.05, 3.63) is 12.4 Å². The number of nitrogen functional groups attached to an aromatic ring is 1. The van der Waals surface area contributed by atoms with Crippen molar-refractivity contribution in [2.24, 2.45) is 0 Å². The van der Waals surface area contributed by atoms with Gasteiger partial charge in [-0.2, -0.15) is 14.4 Å². The van der Waals surface area contributed by atoms with E-state index in [4.69, 9.17) is 10.5 Å². The number of nitrogens with two attached hydrogens (primary N) is 1. The number of ether oxygens (including phenoxy) is 1. The van der Waals surface area contributed by atoms with Crippen LogP contribution in [0.25, 0.3) is 11.2 Å². The zero-order valence-electron chi connectivity index (χ0n) is 10.4. The summed E-state index contributed by atoms with van der Waals surface area (Å²) in [5.41, 5.74) is 5.84. The lowest BCUT2D eigenvalue weighted by molar-refractivity contribution is -0.0429. The van der Waals surface area contributed by atoms with E-state index in [0.29, 0.717) is 0 Å². The van der Waals surface area contributed by atoms with Gasteiger partial charge < -0.3 is 20.7 Å². The molecule has 0 bridgehead atoms. The van der Waals surface area contributed by atoms with Crippen LogP contribution in [0.15, 0.2) is 6.33 Å². The lowest BCUT2D eigenvalue weighted by Crippen LogP contribution is -2.38. The minimum atomic E-state index is -1.22. The first-order chi connectivity index (χ1) is 9.52. The highest BCUT2D eigenvalue weighted by atomic mass is 19.1. The van der Waals surface area contributed by atoms with Gasteiger partial charge in [0, 0.05) is 0 Å². The van der Waals surface area contributed by atoms with Crippen molar-refractivity contribution in [1.29, 1.82) is 0 Å². The van der Waals surface area contributed by atoms with Gasteiger partial charge in [-0.1, -0.05) is 0 Å². The molecule has 2 aromatic rings. The van der Waals surface area contributed by atoms with Gasteiger partial charge in [0.25, 0.3) is 0 Å². The molecule has 108 valence electrons. The summed E-state index contributed by atoms with van der Waals surface area (Å²) in [5, 5.41) is 22.5. The summed E-state index contributed by atoms with van der Waals surface area (Å²) in [7, 11) is 1.58. The van der Waals surface area contributed by atoms with Crippen LogP contribution in [-0.4, -0.2) is 55.2 Å². The van der Waals surface area contributed by atoms with Crippen molar-refractivity contribution in [2.75, 3.05) is 12.8 Å². The van der Waals surface area contributed by atoms with Gasteiger partial charge in [-0.05, 0) is 7.05 Å². The fourth-order valence-electron chi connectivity index (χ4n) is 2.22. The minimum absolute atomic E-state index is 0.0861. The van der Waals surface area contributed by atoms with Gasteiger partial charge >= 0.3 is 6.08 Å². The van der Waals surface area contributed by atoms with E-state index in [-0.39, 0.29) is 17.0 Å². The fraction of sp³-hybridized carbons (Fsp3) is 0.500. The number of anilines is 1. The number of hydrogen-bond donors (Lipinski definition) is 4. The van der Waals surface area contributed by atoms with E-state index < -0.39 is 30.7 Å². The number of nitrogens with zero attached hydrogens (tertiary/aromatic N) is 4. The Morgan fingerprint density at radius 2 is 2.15 bits per heavy atom. The van der Waals surface area contributed by atoms with Crippen molar-refractivity contribution < 1.29 is 19.3 Å². The average Bonchev–Trinajstić information content (AvgIpc) is 2.93. The van der Waals surface area contributed by atoms with Crippen LogP contribution in [-0.2, 0) is 4.74 Å². The molecule has 0 radical (unpaired) electrons. The summed E-state index contributed by atoms with van der Waals surface area (Å²) in [6.45, 7) is 0. The lowest BCUT2D eigenvalue weighted by Gasteiger charge is -2.16. The molecule has 9 nitrogen and oxygen atoms in total. The van der Waals surface area contributed by atoms with Crippen LogP contribution in [0.3, 0.4) is 0 Å². The predicted molar refractivity (Wildman–Crippen MR) is 64.7 cm³/mol. The van der Waals surface area contributed by atoms with Gasteiger partial charge in [-0.25, -0.2) is 4.98 Å². The zero-order valence-corrected chi connectivity index (χ0v) is 10.4. The molecule has 1 aliphatic rings. The molecular weight excluding hydrogens is 271 g/mol. The van der Waals surface area contributed by atoms with Crippen LogP contribution < -0.4 is 11.1 Å². The Morgan fingerprint density at radius 1 is 1.40 bits per heavy atom. The standard InChI is InChI=1S/C10H13FN6O3/c1-13-8-4(18)5(19)9(20-8)17-2-14-3-6(12)15-10(11)16-7(3)17/h2,4-5,8-9,13,18-19H,1H3,(H2,12,15,16)/t4?,5?,8-,9+/m0/s1. The van der Waals surface area contributed by atoms with Crippen LogP contribution in [0.1, 0.15) is 6.23 Å². The molecule has 20 heavy (non-hydrogen) atoms. The molecule has 1 fully saturated rings. The lowest BCUT2D eigenvalue weighted by atomic mass is 10.2. The molecule has 2 aromatic heterocycles. The van der Waals surface area contributed by atoms with E-state index in [0.717, 1.165) is 0 Å². The SMILES string of the molecule is CN[C@H]1O[C@@H](n2cnc3c(N)nc(F)nc32)C(O)C1O. The third kappa shape index (κ3) is 1.81. The van der Waals surface area contributed by atoms with E-state index in [1.54, 1.807) is 7.05 Å². The summed E-state index contributed by atoms with van der Waals surface area (Å²) in [6.07, 6.45) is -3.77. The number of rotatable bonds is 2. The molecule has 5 N–H and O–H groups in total. The monoisotopic (exact) mass is 284 g/mol. The van der Waals surface area contributed by atoms with Gasteiger partial charge in [0.15, 0.2) is 23.2 Å². The van der Waals surface area contributed by atoms with E-state index in [2.05, 4.69) is 20.3 Å². The summed E-state index contributed by atoms with van der Waals surface area (Å²) < 4.78 is 20.0. The van der Waals surface area contributed by atoms with Crippen molar-refractivity contribution in [1.82, 2.24) is 24.8 Å². The Balaban J connectivity index is 2.07. The van der Waals surface area contributed by atoms with E-state index in [1.165, 1.54) is 10.9 Å². The first-order valence-corrected chi connectivity index (χ1v) is 5.87. The molecule has 0 saturated carbocycles. The van der Waals surface area contributed by atoms with Crippen LogP contribution in [0.5, 0.6) is 0 Å². The number of aromatic nitrogens is 4. The average molecular weight is 284 g/mol. The molecule has 0 spiro atoms. The number of fused-ring (bicyclic) bond motifs is 1. The van der Waals surface area contributed by atoms with Crippen molar-refractivity contribution >= 4 is 17.0 Å². The largest absolute Gasteiger partial charge is 0.386 e. The minimum Gasteiger partial charge on any atom is -0.386 e. The molecule has 0 amide bonds. The molecule has 2 unspecified atom stereocenters. The van der Waals surface area contributed by atoms with E-state index in [1.807, 2.05) is 0 Å². The van der Waals surface area contributed by atoms with Crippen molar-refractivity contribution in [3.63, 3.8) is 0 Å². The Labute approximate surface area is 112 Å². The van der Waals surface area contributed by atoms with Crippen molar-refractivity contribution in [2.45, 2.75) is 24.7 Å². The summed E-state index contributed by atoms with van der Waals surface area (Å²) in [5.74, 6) is -0.107. The topological polar surface area (TPSA) is 131 Å². The van der Waals surface area contributed by atoms with Gasteiger partial charge in [-0.3, -0.25) is 9.88 Å². The number of nitrogens with one attached hydrogen (secondary N) is 1. The maximum absolute atomic E-state index is 13.3. The number of hydrogen-bond acceptors (Lipinski definition) is 8. The van der Waals surface area contributed by atoms with Crippen LogP contribution in [0.4, 0.5) is 10.2 Å². The van der Waals surface area contributed by atoms with Gasteiger partial charge in [0.2, 0.25) is 0 Å².